The van der Waals surface area contributed by atoms with E-state index in [4.69, 9.17) is 9.26 Å². The van der Waals surface area contributed by atoms with Crippen molar-refractivity contribution >= 4 is 5.91 Å². The fourth-order valence-electron chi connectivity index (χ4n) is 3.13. The van der Waals surface area contributed by atoms with E-state index in [0.717, 1.165) is 31.2 Å². The minimum Gasteiger partial charge on any atom is -0.496 e. The summed E-state index contributed by atoms with van der Waals surface area (Å²) < 4.78 is 10.4. The first-order valence-electron chi connectivity index (χ1n) is 7.82. The van der Waals surface area contributed by atoms with Crippen LogP contribution in [0.4, 0.5) is 0 Å². The molecular formula is C17H21N3O3. The van der Waals surface area contributed by atoms with Gasteiger partial charge in [-0.2, -0.15) is 4.98 Å². The van der Waals surface area contributed by atoms with Crippen LogP contribution in [0.15, 0.2) is 22.7 Å². The van der Waals surface area contributed by atoms with Crippen molar-refractivity contribution in [2.75, 3.05) is 7.11 Å². The van der Waals surface area contributed by atoms with Gasteiger partial charge in [0.2, 0.25) is 5.89 Å². The van der Waals surface area contributed by atoms with Gasteiger partial charge >= 0.3 is 0 Å². The summed E-state index contributed by atoms with van der Waals surface area (Å²) in [6.45, 7) is 3.70. The molecule has 1 aliphatic rings. The van der Waals surface area contributed by atoms with Gasteiger partial charge in [0.15, 0.2) is 5.82 Å². The molecule has 23 heavy (non-hydrogen) atoms. The fourth-order valence-corrected chi connectivity index (χ4v) is 3.13. The van der Waals surface area contributed by atoms with Crippen LogP contribution in [0.2, 0.25) is 0 Å². The predicted octanol–water partition coefficient (Wildman–Crippen LogP) is 2.89. The number of carbonyl (C=O) groups excluding carboxylic acids is 1. The number of benzene rings is 1. The Labute approximate surface area is 135 Å². The van der Waals surface area contributed by atoms with Gasteiger partial charge in [-0.25, -0.2) is 0 Å². The van der Waals surface area contributed by atoms with Crippen LogP contribution in [0.3, 0.4) is 0 Å². The van der Waals surface area contributed by atoms with E-state index in [1.165, 1.54) is 0 Å². The highest BCUT2D eigenvalue weighted by Crippen LogP contribution is 2.37. The molecule has 1 heterocycles. The summed E-state index contributed by atoms with van der Waals surface area (Å²) in [5.41, 5.74) is 1.03. The molecule has 6 heteroatoms. The van der Waals surface area contributed by atoms with Gasteiger partial charge in [-0.1, -0.05) is 24.1 Å². The molecule has 0 radical (unpaired) electrons. The van der Waals surface area contributed by atoms with E-state index in [1.54, 1.807) is 26.2 Å². The molecule has 0 unspecified atom stereocenters. The number of aromatic nitrogens is 2. The van der Waals surface area contributed by atoms with Gasteiger partial charge in [-0.05, 0) is 37.5 Å². The number of hydrogen-bond acceptors (Lipinski definition) is 5. The summed E-state index contributed by atoms with van der Waals surface area (Å²) in [5.74, 6) is 1.64. The molecule has 0 aliphatic heterocycles. The second-order valence-corrected chi connectivity index (χ2v) is 6.06. The summed E-state index contributed by atoms with van der Waals surface area (Å²) >= 11 is 0. The van der Waals surface area contributed by atoms with Crippen LogP contribution < -0.4 is 10.1 Å². The molecule has 1 aromatic heterocycles. The number of ether oxygens (including phenoxy) is 1. The fraction of sp³-hybridized carbons (Fsp3) is 0.471. The first kappa shape index (κ1) is 15.5. The number of rotatable bonds is 4. The third-order valence-electron chi connectivity index (χ3n) is 4.44. The second kappa shape index (κ2) is 6.02. The summed E-state index contributed by atoms with van der Waals surface area (Å²) in [6.07, 6.45) is 3.71. The molecule has 1 fully saturated rings. The van der Waals surface area contributed by atoms with E-state index in [1.807, 2.05) is 13.0 Å². The molecule has 2 aromatic rings. The zero-order valence-corrected chi connectivity index (χ0v) is 13.7. The first-order valence-corrected chi connectivity index (χ1v) is 7.82. The van der Waals surface area contributed by atoms with Crippen molar-refractivity contribution in [3.05, 3.63) is 41.0 Å². The SMILES string of the molecule is COc1cc(C(=O)NC2(c3noc(C)n3)CCCC2)ccc1C. The van der Waals surface area contributed by atoms with Crippen molar-refractivity contribution in [3.8, 4) is 5.75 Å². The number of nitrogens with one attached hydrogen (secondary N) is 1. The van der Waals surface area contributed by atoms with Crippen LogP contribution in [0, 0.1) is 13.8 Å². The highest BCUT2D eigenvalue weighted by atomic mass is 16.5. The highest BCUT2D eigenvalue weighted by molar-refractivity contribution is 5.95. The normalized spacial score (nSPS) is 16.3. The number of amides is 1. The summed E-state index contributed by atoms with van der Waals surface area (Å²) in [6, 6.07) is 5.44. The Morgan fingerprint density at radius 1 is 1.30 bits per heavy atom. The van der Waals surface area contributed by atoms with Gasteiger partial charge < -0.3 is 14.6 Å². The van der Waals surface area contributed by atoms with Crippen LogP contribution >= 0.6 is 0 Å². The maximum absolute atomic E-state index is 12.7. The Morgan fingerprint density at radius 2 is 2.04 bits per heavy atom. The molecule has 6 nitrogen and oxygen atoms in total. The first-order chi connectivity index (χ1) is 11.0. The van der Waals surface area contributed by atoms with Crippen LogP contribution in [-0.2, 0) is 5.54 Å². The van der Waals surface area contributed by atoms with E-state index in [2.05, 4.69) is 15.5 Å². The van der Waals surface area contributed by atoms with Crippen molar-refractivity contribution in [1.82, 2.24) is 15.5 Å². The van der Waals surface area contributed by atoms with Gasteiger partial charge in [0.1, 0.15) is 11.3 Å². The predicted molar refractivity (Wildman–Crippen MR) is 84.4 cm³/mol. The van der Waals surface area contributed by atoms with E-state index < -0.39 is 5.54 Å². The third-order valence-corrected chi connectivity index (χ3v) is 4.44. The molecule has 1 aromatic carbocycles. The average molecular weight is 315 g/mol. The van der Waals surface area contributed by atoms with Gasteiger partial charge in [-0.3, -0.25) is 4.79 Å². The van der Waals surface area contributed by atoms with E-state index in [-0.39, 0.29) is 5.91 Å². The lowest BCUT2D eigenvalue weighted by Gasteiger charge is -2.26. The summed E-state index contributed by atoms with van der Waals surface area (Å²) in [7, 11) is 1.60. The van der Waals surface area contributed by atoms with Crippen LogP contribution in [0.1, 0.15) is 53.3 Å². The van der Waals surface area contributed by atoms with Crippen molar-refractivity contribution in [2.24, 2.45) is 0 Å². The Kier molecular flexibility index (Phi) is 4.07. The van der Waals surface area contributed by atoms with Crippen molar-refractivity contribution in [1.29, 1.82) is 0 Å². The minimum absolute atomic E-state index is 0.146. The van der Waals surface area contributed by atoms with Crippen molar-refractivity contribution in [2.45, 2.75) is 45.1 Å². The molecule has 122 valence electrons. The number of nitrogens with zero attached hydrogens (tertiary/aromatic N) is 2. The van der Waals surface area contributed by atoms with Gasteiger partial charge in [0, 0.05) is 12.5 Å². The molecule has 0 spiro atoms. The van der Waals surface area contributed by atoms with Crippen LogP contribution in [0.25, 0.3) is 0 Å². The molecular weight excluding hydrogens is 294 g/mol. The standard InChI is InChI=1S/C17H21N3O3/c1-11-6-7-13(10-14(11)22-3)15(21)19-17(8-4-5-9-17)16-18-12(2)23-20-16/h6-7,10H,4-5,8-9H2,1-3H3,(H,19,21). The molecule has 0 bridgehead atoms. The van der Waals surface area contributed by atoms with E-state index >= 15 is 0 Å². The number of methoxy groups -OCH3 is 1. The third kappa shape index (κ3) is 2.93. The minimum atomic E-state index is -0.535. The summed E-state index contributed by atoms with van der Waals surface area (Å²) in [4.78, 5) is 17.1. The number of aryl methyl sites for hydroxylation is 2. The van der Waals surface area contributed by atoms with Gasteiger partial charge in [-0.15, -0.1) is 0 Å². The molecule has 1 N–H and O–H groups in total. The number of carbonyl (C=O) groups is 1. The Hall–Kier alpha value is -2.37. The van der Waals surface area contributed by atoms with Crippen molar-refractivity contribution < 1.29 is 14.1 Å². The lowest BCUT2D eigenvalue weighted by atomic mass is 9.95. The molecule has 3 rings (SSSR count). The zero-order valence-electron chi connectivity index (χ0n) is 13.7. The Morgan fingerprint density at radius 3 is 2.65 bits per heavy atom. The van der Waals surface area contributed by atoms with E-state index in [0.29, 0.717) is 23.0 Å². The van der Waals surface area contributed by atoms with Crippen LogP contribution in [-0.4, -0.2) is 23.2 Å². The molecule has 1 amide bonds. The van der Waals surface area contributed by atoms with E-state index in [9.17, 15) is 4.79 Å². The van der Waals surface area contributed by atoms with Gasteiger partial charge in [0.05, 0.1) is 7.11 Å². The lowest BCUT2D eigenvalue weighted by molar-refractivity contribution is 0.0891. The quantitative estimate of drug-likeness (QED) is 0.938. The number of hydrogen-bond donors (Lipinski definition) is 1. The molecule has 1 aliphatic carbocycles. The Balaban J connectivity index is 1.87. The molecule has 1 saturated carbocycles. The maximum Gasteiger partial charge on any atom is 0.252 e. The highest BCUT2D eigenvalue weighted by Gasteiger charge is 2.41. The lowest BCUT2D eigenvalue weighted by Crippen LogP contribution is -2.44. The van der Waals surface area contributed by atoms with Crippen LogP contribution in [0.5, 0.6) is 5.75 Å². The molecule has 0 atom stereocenters. The Bertz CT molecular complexity index is 718. The maximum atomic E-state index is 12.7. The van der Waals surface area contributed by atoms with Crippen molar-refractivity contribution in [3.63, 3.8) is 0 Å². The average Bonchev–Trinajstić information content (AvgIpc) is 3.17. The topological polar surface area (TPSA) is 77.2 Å². The van der Waals surface area contributed by atoms with Gasteiger partial charge in [0.25, 0.3) is 5.91 Å². The smallest absolute Gasteiger partial charge is 0.252 e. The molecule has 0 saturated heterocycles. The largest absolute Gasteiger partial charge is 0.496 e. The monoisotopic (exact) mass is 315 g/mol. The summed E-state index contributed by atoms with van der Waals surface area (Å²) in [5, 5.41) is 7.17. The second-order valence-electron chi connectivity index (χ2n) is 6.06. The zero-order chi connectivity index (χ0) is 16.4.